The lowest BCUT2D eigenvalue weighted by Crippen LogP contribution is -2.44. The van der Waals surface area contributed by atoms with Gasteiger partial charge in [-0.1, -0.05) is 36.4 Å². The largest absolute Gasteiger partial charge is 0.480 e. The molecular weight excluding hydrogens is 420 g/mol. The summed E-state index contributed by atoms with van der Waals surface area (Å²) < 4.78 is 32.6. The number of nitrogens with zero attached hydrogens (tertiary/aromatic N) is 1. The van der Waals surface area contributed by atoms with Gasteiger partial charge in [0.1, 0.15) is 11.6 Å². The molecule has 0 fully saturated rings. The van der Waals surface area contributed by atoms with Gasteiger partial charge in [0.25, 0.3) is 10.0 Å². The van der Waals surface area contributed by atoms with Crippen molar-refractivity contribution in [3.63, 3.8) is 0 Å². The minimum Gasteiger partial charge on any atom is -0.480 e. The Morgan fingerprint density at radius 2 is 1.68 bits per heavy atom. The molecule has 2 N–H and O–H groups in total. The number of para-hydroxylation sites is 1. The fraction of sp³-hybridized carbons (Fsp3) is 0.273. The molecule has 0 saturated carbocycles. The highest BCUT2D eigenvalue weighted by atomic mass is 32.2. The standard InChI is InChI=1S/C22H24N2O6S/c1-22(2,3)30-21(27)23-18(20(25)26)13-15-14-24(19-12-8-7-11-17(15)19)31(28,29)16-9-5-4-6-10-16/h4-12,14,18H,13H2,1-3H3,(H,23,27)(H,25,26). The van der Waals surface area contributed by atoms with Gasteiger partial charge in [0.05, 0.1) is 10.4 Å². The molecule has 0 bridgehead atoms. The maximum atomic E-state index is 13.2. The Labute approximate surface area is 180 Å². The van der Waals surface area contributed by atoms with Crippen LogP contribution in [0.3, 0.4) is 0 Å². The molecule has 1 amide bonds. The molecule has 31 heavy (non-hydrogen) atoms. The van der Waals surface area contributed by atoms with Crippen molar-refractivity contribution in [1.82, 2.24) is 9.29 Å². The molecule has 0 aliphatic heterocycles. The maximum absolute atomic E-state index is 13.2. The molecule has 3 rings (SSSR count). The normalized spacial score (nSPS) is 13.0. The summed E-state index contributed by atoms with van der Waals surface area (Å²) in [6.07, 6.45) is 0.423. The molecule has 1 unspecified atom stereocenters. The molecule has 0 aliphatic carbocycles. The zero-order valence-electron chi connectivity index (χ0n) is 17.4. The second-order valence-electron chi connectivity index (χ2n) is 8.03. The molecule has 0 radical (unpaired) electrons. The zero-order valence-corrected chi connectivity index (χ0v) is 18.2. The summed E-state index contributed by atoms with van der Waals surface area (Å²) in [5.74, 6) is -1.26. The van der Waals surface area contributed by atoms with E-state index < -0.39 is 33.7 Å². The van der Waals surface area contributed by atoms with Gasteiger partial charge in [-0.05, 0) is 44.5 Å². The zero-order chi connectivity index (χ0) is 22.8. The number of carboxylic acid groups (broad SMARTS) is 1. The third-order valence-corrected chi connectivity index (χ3v) is 6.16. The van der Waals surface area contributed by atoms with Gasteiger partial charge in [0, 0.05) is 18.0 Å². The van der Waals surface area contributed by atoms with Crippen LogP contribution in [-0.4, -0.2) is 41.2 Å². The van der Waals surface area contributed by atoms with Crippen molar-refractivity contribution < 1.29 is 27.9 Å². The van der Waals surface area contributed by atoms with Crippen LogP contribution in [0.2, 0.25) is 0 Å². The van der Waals surface area contributed by atoms with Crippen LogP contribution >= 0.6 is 0 Å². The summed E-state index contributed by atoms with van der Waals surface area (Å²) in [5.41, 5.74) is 0.105. The van der Waals surface area contributed by atoms with Gasteiger partial charge in [-0.3, -0.25) is 0 Å². The second-order valence-corrected chi connectivity index (χ2v) is 9.84. The van der Waals surface area contributed by atoms with E-state index in [0.29, 0.717) is 16.5 Å². The number of hydrogen-bond acceptors (Lipinski definition) is 5. The van der Waals surface area contributed by atoms with E-state index in [9.17, 15) is 23.1 Å². The number of aromatic nitrogens is 1. The number of rotatable bonds is 6. The maximum Gasteiger partial charge on any atom is 0.408 e. The highest BCUT2D eigenvalue weighted by molar-refractivity contribution is 7.90. The Morgan fingerprint density at radius 3 is 2.29 bits per heavy atom. The van der Waals surface area contributed by atoms with Gasteiger partial charge >= 0.3 is 12.1 Å². The molecule has 1 atom stereocenters. The number of carbonyl (C=O) groups excluding carboxylic acids is 1. The van der Waals surface area contributed by atoms with Crippen molar-refractivity contribution in [3.05, 3.63) is 66.4 Å². The Hall–Kier alpha value is -3.33. The van der Waals surface area contributed by atoms with Gasteiger partial charge in [-0.25, -0.2) is 22.0 Å². The number of fused-ring (bicyclic) bond motifs is 1. The number of hydrogen-bond donors (Lipinski definition) is 2. The van der Waals surface area contributed by atoms with Crippen LogP contribution in [-0.2, 0) is 26.0 Å². The van der Waals surface area contributed by atoms with Crippen molar-refractivity contribution in [3.8, 4) is 0 Å². The number of carbonyl (C=O) groups is 2. The van der Waals surface area contributed by atoms with Crippen LogP contribution in [0.15, 0.2) is 65.7 Å². The monoisotopic (exact) mass is 444 g/mol. The lowest BCUT2D eigenvalue weighted by atomic mass is 10.1. The Morgan fingerprint density at radius 1 is 1.06 bits per heavy atom. The van der Waals surface area contributed by atoms with E-state index in [1.807, 2.05) is 0 Å². The number of amides is 1. The van der Waals surface area contributed by atoms with Crippen LogP contribution in [0.5, 0.6) is 0 Å². The van der Waals surface area contributed by atoms with E-state index in [1.54, 1.807) is 63.2 Å². The van der Waals surface area contributed by atoms with Gasteiger partial charge in [0.15, 0.2) is 0 Å². The van der Waals surface area contributed by atoms with E-state index >= 15 is 0 Å². The highest BCUT2D eigenvalue weighted by Crippen LogP contribution is 2.27. The van der Waals surface area contributed by atoms with E-state index in [-0.39, 0.29) is 11.3 Å². The molecule has 8 nitrogen and oxygen atoms in total. The Kier molecular flexibility index (Phi) is 6.08. The molecular formula is C22H24N2O6S. The first-order valence-electron chi connectivity index (χ1n) is 9.61. The third kappa shape index (κ3) is 5.05. The number of nitrogens with one attached hydrogen (secondary N) is 1. The predicted molar refractivity (Wildman–Crippen MR) is 115 cm³/mol. The van der Waals surface area contributed by atoms with E-state index in [0.717, 1.165) is 3.97 Å². The molecule has 1 aromatic heterocycles. The first-order valence-corrected chi connectivity index (χ1v) is 11.0. The first-order chi connectivity index (χ1) is 14.5. The minimum absolute atomic E-state index is 0.115. The van der Waals surface area contributed by atoms with Crippen molar-refractivity contribution in [2.24, 2.45) is 0 Å². The molecule has 9 heteroatoms. The highest BCUT2D eigenvalue weighted by Gasteiger charge is 2.27. The fourth-order valence-electron chi connectivity index (χ4n) is 3.16. The van der Waals surface area contributed by atoms with E-state index in [2.05, 4.69) is 5.32 Å². The number of aliphatic carboxylic acids is 1. The summed E-state index contributed by atoms with van der Waals surface area (Å²) in [6, 6.07) is 13.5. The number of ether oxygens (including phenoxy) is 1. The number of benzene rings is 2. The topological polar surface area (TPSA) is 115 Å². The van der Waals surface area contributed by atoms with Gasteiger partial charge in [0.2, 0.25) is 0 Å². The van der Waals surface area contributed by atoms with Crippen molar-refractivity contribution >= 4 is 33.0 Å². The summed E-state index contributed by atoms with van der Waals surface area (Å²) in [6.45, 7) is 5.01. The van der Waals surface area contributed by atoms with Crippen molar-refractivity contribution in [1.29, 1.82) is 0 Å². The van der Waals surface area contributed by atoms with Gasteiger partial charge in [-0.2, -0.15) is 0 Å². The molecule has 0 aliphatic rings. The summed E-state index contributed by atoms with van der Waals surface area (Å²) >= 11 is 0. The third-order valence-electron chi connectivity index (χ3n) is 4.47. The van der Waals surface area contributed by atoms with Crippen LogP contribution < -0.4 is 5.32 Å². The molecule has 164 valence electrons. The average Bonchev–Trinajstić information content (AvgIpc) is 3.06. The Bertz CT molecular complexity index is 1210. The molecule has 0 saturated heterocycles. The van der Waals surface area contributed by atoms with Crippen molar-refractivity contribution in [2.45, 2.75) is 43.7 Å². The first kappa shape index (κ1) is 22.4. The van der Waals surface area contributed by atoms with Crippen LogP contribution in [0.25, 0.3) is 10.9 Å². The SMILES string of the molecule is CC(C)(C)OC(=O)NC(Cc1cn(S(=O)(=O)c2ccccc2)c2ccccc12)C(=O)O. The second kappa shape index (κ2) is 8.43. The quantitative estimate of drug-likeness (QED) is 0.602. The molecule has 1 heterocycles. The smallest absolute Gasteiger partial charge is 0.408 e. The van der Waals surface area contributed by atoms with E-state index in [1.165, 1.54) is 18.3 Å². The molecule has 2 aromatic carbocycles. The van der Waals surface area contributed by atoms with Crippen LogP contribution in [0.4, 0.5) is 4.79 Å². The van der Waals surface area contributed by atoms with Gasteiger partial charge in [-0.15, -0.1) is 0 Å². The summed E-state index contributed by atoms with van der Waals surface area (Å²) in [5, 5.41) is 12.5. The van der Waals surface area contributed by atoms with E-state index in [4.69, 9.17) is 4.74 Å². The summed E-state index contributed by atoms with van der Waals surface area (Å²) in [7, 11) is -3.89. The van der Waals surface area contributed by atoms with Gasteiger partial charge < -0.3 is 15.2 Å². The fourth-order valence-corrected chi connectivity index (χ4v) is 4.57. The Balaban J connectivity index is 1.99. The number of carboxylic acids is 1. The minimum atomic E-state index is -3.89. The predicted octanol–water partition coefficient (Wildman–Crippen LogP) is 3.40. The molecule has 0 spiro atoms. The summed E-state index contributed by atoms with van der Waals surface area (Å²) in [4.78, 5) is 24.0. The average molecular weight is 445 g/mol. The van der Waals surface area contributed by atoms with Crippen molar-refractivity contribution in [2.75, 3.05) is 0 Å². The lowest BCUT2D eigenvalue weighted by Gasteiger charge is -2.22. The van der Waals surface area contributed by atoms with Crippen LogP contribution in [0, 0.1) is 0 Å². The number of alkyl carbamates (subject to hydrolysis) is 1. The molecule has 3 aromatic rings. The van der Waals surface area contributed by atoms with Crippen LogP contribution in [0.1, 0.15) is 26.3 Å². The lowest BCUT2D eigenvalue weighted by molar-refractivity contribution is -0.139.